The molecule has 0 fully saturated rings. The van der Waals surface area contributed by atoms with Crippen LogP contribution in [0.15, 0.2) is 58.4 Å². The molecule has 0 unspecified atom stereocenters. The summed E-state index contributed by atoms with van der Waals surface area (Å²) in [6, 6.07) is 15.1. The van der Waals surface area contributed by atoms with Crippen LogP contribution in [0.3, 0.4) is 0 Å². The molecular formula is C25H20N4O4. The first-order valence-corrected chi connectivity index (χ1v) is 10.4. The minimum Gasteiger partial charge on any atom is -0.494 e. The van der Waals surface area contributed by atoms with Crippen molar-refractivity contribution in [3.8, 4) is 23.4 Å². The maximum Gasteiger partial charge on any atom is 0.271 e. The van der Waals surface area contributed by atoms with Crippen molar-refractivity contribution in [2.24, 2.45) is 4.99 Å². The number of para-hydroxylation sites is 1. The first-order valence-electron chi connectivity index (χ1n) is 10.4. The Morgan fingerprint density at radius 1 is 1.24 bits per heavy atom. The fraction of sp³-hybridized carbons (Fsp3) is 0.160. The zero-order valence-electron chi connectivity index (χ0n) is 17.8. The zero-order chi connectivity index (χ0) is 22.9. The number of nitrogens with zero attached hydrogens (tertiary/aromatic N) is 3. The van der Waals surface area contributed by atoms with E-state index in [4.69, 9.17) is 9.47 Å². The van der Waals surface area contributed by atoms with E-state index in [1.54, 1.807) is 25.1 Å². The molecule has 5 rings (SSSR count). The van der Waals surface area contributed by atoms with Crippen LogP contribution in [0.1, 0.15) is 22.3 Å². The van der Waals surface area contributed by atoms with Gasteiger partial charge in [-0.25, -0.2) is 0 Å². The van der Waals surface area contributed by atoms with Gasteiger partial charge in [0.1, 0.15) is 11.6 Å². The third-order valence-electron chi connectivity index (χ3n) is 5.82. The second-order valence-electron chi connectivity index (χ2n) is 7.71. The van der Waals surface area contributed by atoms with Crippen LogP contribution in [0.4, 0.5) is 5.69 Å². The highest BCUT2D eigenvalue weighted by Gasteiger charge is 2.19. The van der Waals surface area contributed by atoms with Crippen molar-refractivity contribution in [2.75, 3.05) is 6.79 Å². The number of nitriles is 1. The molecule has 33 heavy (non-hydrogen) atoms. The van der Waals surface area contributed by atoms with Gasteiger partial charge < -0.3 is 19.6 Å². The quantitative estimate of drug-likeness (QED) is 0.457. The number of hydrogen-bond acceptors (Lipinski definition) is 6. The van der Waals surface area contributed by atoms with Crippen molar-refractivity contribution >= 4 is 22.8 Å². The summed E-state index contributed by atoms with van der Waals surface area (Å²) >= 11 is 0. The van der Waals surface area contributed by atoms with Crippen molar-refractivity contribution in [1.29, 1.82) is 5.26 Å². The summed E-state index contributed by atoms with van der Waals surface area (Å²) in [5.74, 6) is 1.01. The molecule has 0 amide bonds. The number of rotatable bonds is 5. The van der Waals surface area contributed by atoms with E-state index >= 15 is 0 Å². The van der Waals surface area contributed by atoms with E-state index < -0.39 is 5.56 Å². The maximum absolute atomic E-state index is 12.9. The van der Waals surface area contributed by atoms with Crippen LogP contribution >= 0.6 is 0 Å². The molecule has 2 aromatic carbocycles. The van der Waals surface area contributed by atoms with E-state index in [0.29, 0.717) is 34.7 Å². The Balaban J connectivity index is 1.50. The molecule has 8 heteroatoms. The lowest BCUT2D eigenvalue weighted by atomic mass is 10.1. The second-order valence-corrected chi connectivity index (χ2v) is 7.71. The highest BCUT2D eigenvalue weighted by Crippen LogP contribution is 2.35. The van der Waals surface area contributed by atoms with Crippen LogP contribution in [-0.4, -0.2) is 27.7 Å². The lowest BCUT2D eigenvalue weighted by Crippen LogP contribution is -2.26. The van der Waals surface area contributed by atoms with Gasteiger partial charge in [0.15, 0.2) is 11.5 Å². The molecule has 1 aliphatic heterocycles. The fourth-order valence-corrected chi connectivity index (χ4v) is 4.01. The number of aliphatic imine (C=N–C) groups is 1. The number of nitrogens with one attached hydrogen (secondary N) is 1. The summed E-state index contributed by atoms with van der Waals surface area (Å²) in [6.45, 7) is 2.01. The Morgan fingerprint density at radius 3 is 2.91 bits per heavy atom. The molecule has 4 aromatic rings. The van der Waals surface area contributed by atoms with Gasteiger partial charge in [0.2, 0.25) is 12.7 Å². The lowest BCUT2D eigenvalue weighted by Gasteiger charge is -2.14. The topological polar surface area (TPSA) is 113 Å². The maximum atomic E-state index is 12.9. The van der Waals surface area contributed by atoms with Crippen molar-refractivity contribution in [3.63, 3.8) is 0 Å². The molecule has 2 N–H and O–H groups in total. The summed E-state index contributed by atoms with van der Waals surface area (Å²) < 4.78 is 11.9. The zero-order valence-corrected chi connectivity index (χ0v) is 17.8. The number of benzene rings is 2. The molecule has 0 bridgehead atoms. The highest BCUT2D eigenvalue weighted by molar-refractivity contribution is 5.87. The van der Waals surface area contributed by atoms with Crippen LogP contribution in [0.5, 0.6) is 17.4 Å². The Hall–Kier alpha value is -4.51. The molecule has 3 heterocycles. The Kier molecular flexibility index (Phi) is 5.07. The largest absolute Gasteiger partial charge is 0.494 e. The van der Waals surface area contributed by atoms with Gasteiger partial charge in [-0.2, -0.15) is 5.26 Å². The Labute approximate surface area is 189 Å². The highest BCUT2D eigenvalue weighted by atomic mass is 16.7. The van der Waals surface area contributed by atoms with E-state index in [2.05, 4.69) is 9.98 Å². The van der Waals surface area contributed by atoms with Gasteiger partial charge >= 0.3 is 0 Å². The number of hydrogen-bond donors (Lipinski definition) is 2. The molecule has 0 spiro atoms. The minimum atomic E-state index is -0.521. The standard InChI is InChI=1S/C25H20N4O4/c1-15-19(11-26)24(30)29(9-8-16-12-28-21-5-3-2-4-18(16)21)25(31)20(15)13-27-17-6-7-22-23(10-17)33-14-32-22/h2-7,10,12-13,28,31H,8-9,14H2,1H3. The molecule has 0 aliphatic carbocycles. The Morgan fingerprint density at radius 2 is 2.06 bits per heavy atom. The molecule has 0 saturated heterocycles. The van der Waals surface area contributed by atoms with Gasteiger partial charge in [-0.3, -0.25) is 14.4 Å². The van der Waals surface area contributed by atoms with E-state index in [-0.39, 0.29) is 24.8 Å². The van der Waals surface area contributed by atoms with Crippen LogP contribution in [0.25, 0.3) is 10.9 Å². The predicted octanol–water partition coefficient (Wildman–Crippen LogP) is 3.94. The predicted molar refractivity (Wildman–Crippen MR) is 124 cm³/mol. The number of pyridine rings is 1. The van der Waals surface area contributed by atoms with E-state index in [1.165, 1.54) is 10.8 Å². The average molecular weight is 440 g/mol. The molecule has 0 saturated carbocycles. The van der Waals surface area contributed by atoms with Gasteiger partial charge in [-0.1, -0.05) is 18.2 Å². The normalized spacial score (nSPS) is 12.5. The summed E-state index contributed by atoms with van der Waals surface area (Å²) in [4.78, 5) is 20.5. The summed E-state index contributed by atoms with van der Waals surface area (Å²) in [7, 11) is 0. The molecule has 8 nitrogen and oxygen atoms in total. The van der Waals surface area contributed by atoms with Gasteiger partial charge in [-0.05, 0) is 42.7 Å². The monoisotopic (exact) mass is 440 g/mol. The number of ether oxygens (including phenoxy) is 2. The Bertz CT molecular complexity index is 1510. The molecule has 1 aliphatic rings. The van der Waals surface area contributed by atoms with Crippen molar-refractivity contribution in [3.05, 3.63) is 81.3 Å². The fourth-order valence-electron chi connectivity index (χ4n) is 4.01. The molecule has 164 valence electrons. The third-order valence-corrected chi connectivity index (χ3v) is 5.82. The first kappa shape index (κ1) is 20.4. The average Bonchev–Trinajstić information content (AvgIpc) is 3.46. The number of aromatic hydroxyl groups is 1. The van der Waals surface area contributed by atoms with Crippen molar-refractivity contribution in [1.82, 2.24) is 9.55 Å². The van der Waals surface area contributed by atoms with E-state index in [0.717, 1.165) is 16.5 Å². The van der Waals surface area contributed by atoms with Crippen LogP contribution in [0, 0.1) is 18.3 Å². The molecule has 0 radical (unpaired) electrons. The molecule has 0 atom stereocenters. The SMILES string of the molecule is Cc1c(C=Nc2ccc3c(c2)OCO3)c(O)n(CCc2c[nH]c3ccccc23)c(=O)c1C#N. The molecule has 2 aromatic heterocycles. The van der Waals surface area contributed by atoms with Crippen molar-refractivity contribution < 1.29 is 14.6 Å². The van der Waals surface area contributed by atoms with Crippen LogP contribution in [-0.2, 0) is 13.0 Å². The van der Waals surface area contributed by atoms with Gasteiger partial charge in [0.05, 0.1) is 11.3 Å². The summed E-state index contributed by atoms with van der Waals surface area (Å²) in [6.07, 6.45) is 3.86. The minimum absolute atomic E-state index is 0.0149. The number of aromatic amines is 1. The van der Waals surface area contributed by atoms with Gasteiger partial charge in [0, 0.05) is 35.9 Å². The number of fused-ring (bicyclic) bond motifs is 2. The second kappa shape index (κ2) is 8.20. The van der Waals surface area contributed by atoms with E-state index in [1.807, 2.05) is 36.5 Å². The number of H-pyrrole nitrogens is 1. The lowest BCUT2D eigenvalue weighted by molar-refractivity contribution is 0.174. The first-order chi connectivity index (χ1) is 16.1. The number of aryl methyl sites for hydroxylation is 1. The number of aromatic nitrogens is 2. The summed E-state index contributed by atoms with van der Waals surface area (Å²) in [5.41, 5.74) is 2.78. The van der Waals surface area contributed by atoms with Gasteiger partial charge in [0.25, 0.3) is 5.56 Å². The van der Waals surface area contributed by atoms with Crippen LogP contribution < -0.4 is 15.0 Å². The van der Waals surface area contributed by atoms with Crippen molar-refractivity contribution in [2.45, 2.75) is 19.9 Å². The third kappa shape index (κ3) is 3.59. The van der Waals surface area contributed by atoms with E-state index in [9.17, 15) is 15.2 Å². The van der Waals surface area contributed by atoms with Crippen LogP contribution in [0.2, 0.25) is 0 Å². The smallest absolute Gasteiger partial charge is 0.271 e. The molecular weight excluding hydrogens is 420 g/mol. The summed E-state index contributed by atoms with van der Waals surface area (Å²) in [5, 5.41) is 21.6. The van der Waals surface area contributed by atoms with Gasteiger partial charge in [-0.15, -0.1) is 0 Å².